The van der Waals surface area contributed by atoms with Crippen molar-refractivity contribution < 1.29 is 19.3 Å². The number of nitrogens with one attached hydrogen (secondary N) is 1. The van der Waals surface area contributed by atoms with Crippen molar-refractivity contribution in [1.29, 1.82) is 0 Å². The molecular formula is C24H35IN4O4. The fraction of sp³-hybridized carbons (Fsp3) is 0.458. The monoisotopic (exact) mass is 570 g/mol. The molecule has 1 saturated heterocycles. The molecule has 0 amide bonds. The third-order valence-corrected chi connectivity index (χ3v) is 5.32. The van der Waals surface area contributed by atoms with Crippen LogP contribution in [0.3, 0.4) is 0 Å². The maximum atomic E-state index is 8.97. The van der Waals surface area contributed by atoms with Gasteiger partial charge in [0.2, 0.25) is 0 Å². The summed E-state index contributed by atoms with van der Waals surface area (Å²) in [5.74, 6) is 3.05. The van der Waals surface area contributed by atoms with Gasteiger partial charge in [-0.05, 0) is 36.8 Å². The first-order valence-corrected chi connectivity index (χ1v) is 11.0. The number of benzene rings is 2. The molecule has 9 heteroatoms. The number of hydrogen-bond acceptors (Lipinski definition) is 6. The van der Waals surface area contributed by atoms with Gasteiger partial charge in [0.25, 0.3) is 0 Å². The van der Waals surface area contributed by atoms with Crippen LogP contribution in [0, 0.1) is 0 Å². The van der Waals surface area contributed by atoms with Gasteiger partial charge in [-0.15, -0.1) is 24.0 Å². The van der Waals surface area contributed by atoms with Crippen LogP contribution in [0.2, 0.25) is 0 Å². The lowest BCUT2D eigenvalue weighted by Crippen LogP contribution is -2.52. The van der Waals surface area contributed by atoms with Gasteiger partial charge in [0, 0.05) is 44.5 Å². The molecule has 1 aliphatic rings. The standard InChI is InChI=1S/C24H34N4O4.HI/c1-4-25-24(26-18-19-8-9-22(32-15-14-29)23(16-19)31-3)28-12-10-27(11-13-28)20-6-5-7-21(17-20)30-2;/h5-9,16-17,29H,4,10-15,18H2,1-3H3,(H,25,26);1H. The number of rotatable bonds is 9. The highest BCUT2D eigenvalue weighted by molar-refractivity contribution is 14.0. The molecule has 33 heavy (non-hydrogen) atoms. The summed E-state index contributed by atoms with van der Waals surface area (Å²) in [6.45, 7) is 7.25. The third-order valence-electron chi connectivity index (χ3n) is 5.32. The summed E-state index contributed by atoms with van der Waals surface area (Å²) in [4.78, 5) is 9.53. The topological polar surface area (TPSA) is 78.8 Å². The summed E-state index contributed by atoms with van der Waals surface area (Å²) in [7, 11) is 3.31. The van der Waals surface area contributed by atoms with Crippen molar-refractivity contribution >= 4 is 35.6 Å². The van der Waals surface area contributed by atoms with E-state index in [9.17, 15) is 0 Å². The first kappa shape index (κ1) is 26.8. The van der Waals surface area contributed by atoms with E-state index < -0.39 is 0 Å². The van der Waals surface area contributed by atoms with Gasteiger partial charge in [0.1, 0.15) is 12.4 Å². The SMILES string of the molecule is CCNC(=NCc1ccc(OCCO)c(OC)c1)N1CCN(c2cccc(OC)c2)CC1.I. The number of hydrogen-bond donors (Lipinski definition) is 2. The van der Waals surface area contributed by atoms with Gasteiger partial charge in [-0.25, -0.2) is 4.99 Å². The summed E-state index contributed by atoms with van der Waals surface area (Å²) < 4.78 is 16.3. The Bertz CT molecular complexity index is 889. The number of piperazine rings is 1. The molecule has 0 spiro atoms. The average molecular weight is 570 g/mol. The Balaban J connectivity index is 0.00000385. The maximum Gasteiger partial charge on any atom is 0.194 e. The fourth-order valence-corrected chi connectivity index (χ4v) is 3.66. The summed E-state index contributed by atoms with van der Waals surface area (Å²) in [5.41, 5.74) is 2.21. The number of halogens is 1. The van der Waals surface area contributed by atoms with Crippen molar-refractivity contribution in [3.63, 3.8) is 0 Å². The molecule has 0 atom stereocenters. The van der Waals surface area contributed by atoms with E-state index in [2.05, 4.69) is 34.2 Å². The zero-order valence-corrected chi connectivity index (χ0v) is 22.0. The van der Waals surface area contributed by atoms with Crippen molar-refractivity contribution in [2.45, 2.75) is 13.5 Å². The van der Waals surface area contributed by atoms with E-state index in [1.807, 2.05) is 30.3 Å². The Hall–Kier alpha value is -2.40. The number of anilines is 1. The van der Waals surface area contributed by atoms with Crippen LogP contribution in [-0.4, -0.2) is 76.1 Å². The van der Waals surface area contributed by atoms with Crippen molar-refractivity contribution in [2.75, 3.05) is 65.1 Å². The molecule has 3 rings (SSSR count). The van der Waals surface area contributed by atoms with Crippen LogP contribution >= 0.6 is 24.0 Å². The molecule has 1 heterocycles. The predicted octanol–water partition coefficient (Wildman–Crippen LogP) is 2.98. The molecule has 0 radical (unpaired) electrons. The lowest BCUT2D eigenvalue weighted by molar-refractivity contribution is 0.196. The van der Waals surface area contributed by atoms with Gasteiger partial charge in [0.05, 0.1) is 27.4 Å². The van der Waals surface area contributed by atoms with Gasteiger partial charge in [-0.1, -0.05) is 12.1 Å². The highest BCUT2D eigenvalue weighted by Crippen LogP contribution is 2.28. The van der Waals surface area contributed by atoms with E-state index in [0.29, 0.717) is 18.0 Å². The Kier molecular flexibility index (Phi) is 11.4. The molecule has 1 aliphatic heterocycles. The predicted molar refractivity (Wildman–Crippen MR) is 143 cm³/mol. The maximum absolute atomic E-state index is 8.97. The van der Waals surface area contributed by atoms with Crippen LogP contribution in [0.15, 0.2) is 47.5 Å². The lowest BCUT2D eigenvalue weighted by Gasteiger charge is -2.37. The summed E-state index contributed by atoms with van der Waals surface area (Å²) in [5, 5.41) is 12.4. The van der Waals surface area contributed by atoms with Crippen LogP contribution in [0.4, 0.5) is 5.69 Å². The minimum atomic E-state index is -0.0354. The van der Waals surface area contributed by atoms with Crippen LogP contribution in [-0.2, 0) is 6.54 Å². The Labute approximate surface area is 213 Å². The first-order valence-electron chi connectivity index (χ1n) is 11.0. The first-order chi connectivity index (χ1) is 15.7. The van der Waals surface area contributed by atoms with Gasteiger partial charge in [-0.3, -0.25) is 0 Å². The number of guanidine groups is 1. The molecule has 0 bridgehead atoms. The van der Waals surface area contributed by atoms with Crippen LogP contribution < -0.4 is 24.4 Å². The minimum Gasteiger partial charge on any atom is -0.497 e. The second kappa shape index (κ2) is 14.0. The molecular weight excluding hydrogens is 535 g/mol. The number of aliphatic hydroxyl groups excluding tert-OH is 1. The summed E-state index contributed by atoms with van der Waals surface area (Å²) in [6.07, 6.45) is 0. The Morgan fingerprint density at radius 1 is 1.03 bits per heavy atom. The van der Waals surface area contributed by atoms with E-state index in [4.69, 9.17) is 24.3 Å². The zero-order chi connectivity index (χ0) is 22.8. The minimum absolute atomic E-state index is 0. The second-order valence-electron chi connectivity index (χ2n) is 7.40. The normalized spacial score (nSPS) is 13.9. The number of ether oxygens (including phenoxy) is 3. The highest BCUT2D eigenvalue weighted by Gasteiger charge is 2.20. The largest absolute Gasteiger partial charge is 0.497 e. The molecule has 1 fully saturated rings. The van der Waals surface area contributed by atoms with Gasteiger partial charge < -0.3 is 34.4 Å². The van der Waals surface area contributed by atoms with Crippen molar-refractivity contribution in [2.24, 2.45) is 4.99 Å². The van der Waals surface area contributed by atoms with Crippen LogP contribution in [0.5, 0.6) is 17.2 Å². The van der Waals surface area contributed by atoms with E-state index in [1.54, 1.807) is 14.2 Å². The Morgan fingerprint density at radius 3 is 2.48 bits per heavy atom. The lowest BCUT2D eigenvalue weighted by atomic mass is 10.2. The smallest absolute Gasteiger partial charge is 0.194 e. The highest BCUT2D eigenvalue weighted by atomic mass is 127. The molecule has 8 nitrogen and oxygen atoms in total. The summed E-state index contributed by atoms with van der Waals surface area (Å²) in [6, 6.07) is 14.0. The van der Waals surface area contributed by atoms with E-state index >= 15 is 0 Å². The van der Waals surface area contributed by atoms with Gasteiger partial charge >= 0.3 is 0 Å². The van der Waals surface area contributed by atoms with Crippen LogP contribution in [0.1, 0.15) is 12.5 Å². The quantitative estimate of drug-likeness (QED) is 0.273. The molecule has 0 aliphatic carbocycles. The van der Waals surface area contributed by atoms with Gasteiger partial charge in [-0.2, -0.15) is 0 Å². The molecule has 2 aromatic rings. The molecule has 182 valence electrons. The third kappa shape index (κ3) is 7.56. The number of aliphatic imine (C=N–C) groups is 1. The fourth-order valence-electron chi connectivity index (χ4n) is 3.66. The van der Waals surface area contributed by atoms with Crippen molar-refractivity contribution in [3.8, 4) is 17.2 Å². The van der Waals surface area contributed by atoms with Crippen molar-refractivity contribution in [3.05, 3.63) is 48.0 Å². The van der Waals surface area contributed by atoms with Crippen molar-refractivity contribution in [1.82, 2.24) is 10.2 Å². The van der Waals surface area contributed by atoms with Crippen LogP contribution in [0.25, 0.3) is 0 Å². The van der Waals surface area contributed by atoms with E-state index in [-0.39, 0.29) is 37.2 Å². The number of nitrogens with zero attached hydrogens (tertiary/aromatic N) is 3. The van der Waals surface area contributed by atoms with Gasteiger partial charge in [0.15, 0.2) is 17.5 Å². The molecule has 0 aromatic heterocycles. The second-order valence-corrected chi connectivity index (χ2v) is 7.40. The summed E-state index contributed by atoms with van der Waals surface area (Å²) >= 11 is 0. The Morgan fingerprint density at radius 2 is 1.82 bits per heavy atom. The van der Waals surface area contributed by atoms with E-state index in [0.717, 1.165) is 50.0 Å². The molecule has 0 saturated carbocycles. The average Bonchev–Trinajstić information content (AvgIpc) is 2.85. The molecule has 2 aromatic carbocycles. The molecule has 2 N–H and O–H groups in total. The zero-order valence-electron chi connectivity index (χ0n) is 19.6. The molecule has 0 unspecified atom stereocenters. The van der Waals surface area contributed by atoms with E-state index in [1.165, 1.54) is 5.69 Å². The number of methoxy groups -OCH3 is 2. The number of aliphatic hydroxyl groups is 1.